The van der Waals surface area contributed by atoms with Crippen LogP contribution in [-0.2, 0) is 20.7 Å². The lowest BCUT2D eigenvalue weighted by Gasteiger charge is -2.07. The largest absolute Gasteiger partial charge is 0.495 e. The quantitative estimate of drug-likeness (QED) is 0.611. The Bertz CT molecular complexity index is 470. The van der Waals surface area contributed by atoms with Gasteiger partial charge < -0.3 is 9.47 Å². The highest BCUT2D eigenvalue weighted by Crippen LogP contribution is 2.28. The molecule has 0 bridgehead atoms. The van der Waals surface area contributed by atoms with Gasteiger partial charge in [-0.1, -0.05) is 17.7 Å². The third-order valence-corrected chi connectivity index (χ3v) is 2.95. The molecule has 17 heavy (non-hydrogen) atoms. The third kappa shape index (κ3) is 2.58. The van der Waals surface area contributed by atoms with Gasteiger partial charge in [0.2, 0.25) is 0 Å². The molecule has 0 N–H and O–H groups in total. The van der Waals surface area contributed by atoms with Crippen LogP contribution in [0.4, 0.5) is 0 Å². The van der Waals surface area contributed by atoms with Crippen molar-refractivity contribution in [1.29, 1.82) is 0 Å². The fraction of sp³-hybridized carbons (Fsp3) is 0.333. The Kier molecular flexibility index (Phi) is 3.33. The topological polar surface area (TPSA) is 52.6 Å². The molecule has 1 saturated heterocycles. The lowest BCUT2D eigenvalue weighted by molar-refractivity contribution is -0.153. The van der Waals surface area contributed by atoms with Crippen LogP contribution in [0.25, 0.3) is 0 Å². The minimum atomic E-state index is -0.459. The molecule has 0 amide bonds. The number of cyclic esters (lactones) is 2. The van der Waals surface area contributed by atoms with Crippen LogP contribution in [0, 0.1) is 5.92 Å². The summed E-state index contributed by atoms with van der Waals surface area (Å²) in [5.41, 5.74) is 0.882. The van der Waals surface area contributed by atoms with Gasteiger partial charge in [-0.25, -0.2) is 0 Å². The molecule has 2 rings (SSSR count). The van der Waals surface area contributed by atoms with Crippen molar-refractivity contribution in [2.75, 3.05) is 7.11 Å². The first kappa shape index (κ1) is 11.9. The van der Waals surface area contributed by atoms with Crippen molar-refractivity contribution in [3.8, 4) is 5.75 Å². The summed E-state index contributed by atoms with van der Waals surface area (Å²) >= 11 is 5.97. The lowest BCUT2D eigenvalue weighted by Crippen LogP contribution is -2.10. The van der Waals surface area contributed by atoms with Crippen LogP contribution in [0.5, 0.6) is 5.75 Å². The normalized spacial score (nSPS) is 19.3. The van der Waals surface area contributed by atoms with Crippen molar-refractivity contribution >= 4 is 23.5 Å². The zero-order chi connectivity index (χ0) is 12.4. The van der Waals surface area contributed by atoms with E-state index in [0.717, 1.165) is 5.56 Å². The number of rotatable bonds is 3. The summed E-state index contributed by atoms with van der Waals surface area (Å²) in [4.78, 5) is 22.2. The van der Waals surface area contributed by atoms with Gasteiger partial charge in [-0.2, -0.15) is 0 Å². The van der Waals surface area contributed by atoms with E-state index in [4.69, 9.17) is 16.3 Å². The predicted octanol–water partition coefficient (Wildman–Crippen LogP) is 1.98. The molecule has 1 heterocycles. The van der Waals surface area contributed by atoms with E-state index in [1.54, 1.807) is 12.1 Å². The second kappa shape index (κ2) is 4.75. The van der Waals surface area contributed by atoms with Gasteiger partial charge in [0, 0.05) is 0 Å². The zero-order valence-corrected chi connectivity index (χ0v) is 9.99. The minimum Gasteiger partial charge on any atom is -0.495 e. The fourth-order valence-corrected chi connectivity index (χ4v) is 2.08. The molecular formula is C12H11ClO4. The highest BCUT2D eigenvalue weighted by Gasteiger charge is 2.33. The second-order valence-electron chi connectivity index (χ2n) is 3.87. The van der Waals surface area contributed by atoms with E-state index in [-0.39, 0.29) is 6.42 Å². The number of hydrogen-bond acceptors (Lipinski definition) is 4. The highest BCUT2D eigenvalue weighted by molar-refractivity contribution is 6.32. The molecule has 90 valence electrons. The van der Waals surface area contributed by atoms with Crippen molar-refractivity contribution < 1.29 is 19.1 Å². The van der Waals surface area contributed by atoms with Crippen molar-refractivity contribution in [2.24, 2.45) is 5.92 Å². The summed E-state index contributed by atoms with van der Waals surface area (Å²) in [6, 6.07) is 5.29. The number of carbonyl (C=O) groups excluding carboxylic acids is 2. The second-order valence-corrected chi connectivity index (χ2v) is 4.27. The summed E-state index contributed by atoms with van der Waals surface area (Å²) < 4.78 is 9.52. The number of hydrogen-bond donors (Lipinski definition) is 0. The Morgan fingerprint density at radius 1 is 1.47 bits per heavy atom. The summed E-state index contributed by atoms with van der Waals surface area (Å²) in [5.74, 6) is -0.728. The molecule has 0 radical (unpaired) electrons. The van der Waals surface area contributed by atoms with Crippen molar-refractivity contribution in [1.82, 2.24) is 0 Å². The molecule has 1 aromatic rings. The molecule has 1 fully saturated rings. The third-order valence-electron chi connectivity index (χ3n) is 2.66. The van der Waals surface area contributed by atoms with E-state index in [2.05, 4.69) is 4.74 Å². The smallest absolute Gasteiger partial charge is 0.317 e. The Hall–Kier alpha value is -1.55. The van der Waals surface area contributed by atoms with Gasteiger partial charge in [-0.15, -0.1) is 0 Å². The summed E-state index contributed by atoms with van der Waals surface area (Å²) in [6.45, 7) is 0. The van der Waals surface area contributed by atoms with Crippen LogP contribution in [0.15, 0.2) is 18.2 Å². The van der Waals surface area contributed by atoms with Crippen LogP contribution >= 0.6 is 11.6 Å². The van der Waals surface area contributed by atoms with Crippen LogP contribution in [-0.4, -0.2) is 19.0 Å². The van der Waals surface area contributed by atoms with E-state index < -0.39 is 17.9 Å². The standard InChI is InChI=1S/C12H11ClO4/c1-16-10-3-2-7(5-9(10)13)4-8-6-11(14)17-12(8)15/h2-3,5,8H,4,6H2,1H3. The SMILES string of the molecule is COc1ccc(CC2CC(=O)OC2=O)cc1Cl. The van der Waals surface area contributed by atoms with E-state index >= 15 is 0 Å². The zero-order valence-electron chi connectivity index (χ0n) is 9.23. The molecule has 5 heteroatoms. The molecule has 0 spiro atoms. The minimum absolute atomic E-state index is 0.141. The van der Waals surface area contributed by atoms with E-state index in [0.29, 0.717) is 17.2 Å². The average molecular weight is 255 g/mol. The van der Waals surface area contributed by atoms with Crippen LogP contribution in [0.1, 0.15) is 12.0 Å². The summed E-state index contributed by atoms with van der Waals surface area (Å²) in [5, 5.41) is 0.489. The van der Waals surface area contributed by atoms with E-state index in [1.807, 2.05) is 6.07 Å². The average Bonchev–Trinajstić information content (AvgIpc) is 2.58. The molecule has 0 aliphatic carbocycles. The molecule has 0 aromatic heterocycles. The highest BCUT2D eigenvalue weighted by atomic mass is 35.5. The molecule has 1 aliphatic heterocycles. The van der Waals surface area contributed by atoms with Crippen LogP contribution in [0.3, 0.4) is 0 Å². The first-order chi connectivity index (χ1) is 8.10. The molecule has 1 atom stereocenters. The van der Waals surface area contributed by atoms with Gasteiger partial charge in [-0.05, 0) is 24.1 Å². The summed E-state index contributed by atoms with van der Waals surface area (Å²) in [6.07, 6.45) is 0.594. The molecular weight excluding hydrogens is 244 g/mol. The Morgan fingerprint density at radius 3 is 2.76 bits per heavy atom. The number of methoxy groups -OCH3 is 1. The maximum atomic E-state index is 11.3. The number of halogens is 1. The number of benzene rings is 1. The predicted molar refractivity (Wildman–Crippen MR) is 60.9 cm³/mol. The van der Waals surface area contributed by atoms with Gasteiger partial charge in [-0.3, -0.25) is 9.59 Å². The first-order valence-corrected chi connectivity index (χ1v) is 5.55. The maximum Gasteiger partial charge on any atom is 0.317 e. The number of carbonyl (C=O) groups is 2. The molecule has 0 saturated carbocycles. The van der Waals surface area contributed by atoms with E-state index in [1.165, 1.54) is 7.11 Å². The number of ether oxygens (including phenoxy) is 2. The van der Waals surface area contributed by atoms with Crippen molar-refractivity contribution in [3.63, 3.8) is 0 Å². The van der Waals surface area contributed by atoms with E-state index in [9.17, 15) is 9.59 Å². The van der Waals surface area contributed by atoms with Crippen molar-refractivity contribution in [2.45, 2.75) is 12.8 Å². The fourth-order valence-electron chi connectivity index (χ4n) is 1.80. The monoisotopic (exact) mass is 254 g/mol. The molecule has 1 aliphatic rings. The molecule has 1 aromatic carbocycles. The Morgan fingerprint density at radius 2 is 2.24 bits per heavy atom. The van der Waals surface area contributed by atoms with Gasteiger partial charge in [0.1, 0.15) is 5.75 Å². The first-order valence-electron chi connectivity index (χ1n) is 5.17. The Labute approximate surface area is 103 Å². The van der Waals surface area contributed by atoms with Crippen LogP contribution < -0.4 is 4.74 Å². The number of esters is 2. The maximum absolute atomic E-state index is 11.3. The van der Waals surface area contributed by atoms with Crippen LogP contribution in [0.2, 0.25) is 5.02 Å². The van der Waals surface area contributed by atoms with Gasteiger partial charge in [0.25, 0.3) is 0 Å². The lowest BCUT2D eigenvalue weighted by atomic mass is 9.98. The van der Waals surface area contributed by atoms with Gasteiger partial charge >= 0.3 is 11.9 Å². The molecule has 4 nitrogen and oxygen atoms in total. The molecule has 1 unspecified atom stereocenters. The van der Waals surface area contributed by atoms with Gasteiger partial charge in [0.05, 0.1) is 24.5 Å². The van der Waals surface area contributed by atoms with Gasteiger partial charge in [0.15, 0.2) is 0 Å². The summed E-state index contributed by atoms with van der Waals surface area (Å²) in [7, 11) is 1.54. The van der Waals surface area contributed by atoms with Crippen molar-refractivity contribution in [3.05, 3.63) is 28.8 Å². The Balaban J connectivity index is 2.11.